The predicted octanol–water partition coefficient (Wildman–Crippen LogP) is 4.57. The average molecular weight is 333 g/mol. The lowest BCUT2D eigenvalue weighted by molar-refractivity contribution is 0.0928. The number of anilines is 1. The summed E-state index contributed by atoms with van der Waals surface area (Å²) in [7, 11) is 0. The molecular formula is C18H25ClN4. The van der Waals surface area contributed by atoms with Crippen molar-refractivity contribution in [1.29, 1.82) is 0 Å². The van der Waals surface area contributed by atoms with Gasteiger partial charge in [-0.3, -0.25) is 0 Å². The number of hydrogen-bond donors (Lipinski definition) is 1. The molecule has 0 unspecified atom stereocenters. The van der Waals surface area contributed by atoms with Gasteiger partial charge in [0.2, 0.25) is 5.28 Å². The lowest BCUT2D eigenvalue weighted by Gasteiger charge is -2.47. The number of aryl methyl sites for hydroxylation is 1. The molecule has 23 heavy (non-hydrogen) atoms. The predicted molar refractivity (Wildman–Crippen MR) is 94.0 cm³/mol. The zero-order valence-corrected chi connectivity index (χ0v) is 14.7. The van der Waals surface area contributed by atoms with Crippen molar-refractivity contribution in [1.82, 2.24) is 14.6 Å². The maximum atomic E-state index is 6.16. The van der Waals surface area contributed by atoms with Crippen molar-refractivity contribution in [3.05, 3.63) is 23.1 Å². The second-order valence-corrected chi connectivity index (χ2v) is 7.70. The third-order valence-electron chi connectivity index (χ3n) is 5.97. The molecule has 2 heterocycles. The normalized spacial score (nSPS) is 30.0. The van der Waals surface area contributed by atoms with Gasteiger partial charge in [-0.1, -0.05) is 20.3 Å². The van der Waals surface area contributed by atoms with E-state index in [1.165, 1.54) is 31.2 Å². The average Bonchev–Trinajstić information content (AvgIpc) is 2.94. The molecule has 0 spiro atoms. The van der Waals surface area contributed by atoms with Crippen LogP contribution in [0.15, 0.2) is 12.3 Å². The van der Waals surface area contributed by atoms with E-state index in [1.807, 2.05) is 4.52 Å². The Hall–Kier alpha value is -1.29. The summed E-state index contributed by atoms with van der Waals surface area (Å²) in [5.41, 5.74) is 2.34. The van der Waals surface area contributed by atoms with Gasteiger partial charge in [0, 0.05) is 12.2 Å². The highest BCUT2D eigenvalue weighted by atomic mass is 35.5. The van der Waals surface area contributed by atoms with E-state index in [9.17, 15) is 0 Å². The number of rotatable bonds is 4. The fourth-order valence-electron chi connectivity index (χ4n) is 4.72. The lowest BCUT2D eigenvalue weighted by Crippen LogP contribution is -2.47. The van der Waals surface area contributed by atoms with E-state index < -0.39 is 0 Å². The largest absolute Gasteiger partial charge is 0.365 e. The second kappa shape index (κ2) is 5.97. The first-order valence-corrected chi connectivity index (χ1v) is 9.35. The minimum atomic E-state index is 0.312. The topological polar surface area (TPSA) is 42.2 Å². The molecule has 0 saturated heterocycles. The van der Waals surface area contributed by atoms with Crippen molar-refractivity contribution in [3.63, 3.8) is 0 Å². The van der Waals surface area contributed by atoms with Crippen LogP contribution in [0, 0.1) is 17.8 Å². The molecule has 2 aromatic heterocycles. The number of hydrogen-bond acceptors (Lipinski definition) is 3. The van der Waals surface area contributed by atoms with Crippen LogP contribution in [0.2, 0.25) is 5.28 Å². The molecule has 0 radical (unpaired) electrons. The van der Waals surface area contributed by atoms with Gasteiger partial charge in [-0.15, -0.1) is 5.10 Å². The van der Waals surface area contributed by atoms with Crippen LogP contribution in [0.4, 0.5) is 5.82 Å². The summed E-state index contributed by atoms with van der Waals surface area (Å²) in [4.78, 5) is 4.51. The highest BCUT2D eigenvalue weighted by Gasteiger charge is 2.41. The zero-order valence-electron chi connectivity index (χ0n) is 13.9. The van der Waals surface area contributed by atoms with Crippen LogP contribution in [0.25, 0.3) is 5.52 Å². The monoisotopic (exact) mass is 332 g/mol. The Kier molecular flexibility index (Phi) is 3.96. The zero-order chi connectivity index (χ0) is 16.0. The van der Waals surface area contributed by atoms with E-state index in [2.05, 4.69) is 41.5 Å². The van der Waals surface area contributed by atoms with Gasteiger partial charge in [0.25, 0.3) is 0 Å². The molecule has 3 aliphatic rings. The fraction of sp³-hybridized carbons (Fsp3) is 0.667. The molecule has 4 nitrogen and oxygen atoms in total. The molecule has 1 N–H and O–H groups in total. The number of nitrogens with one attached hydrogen (secondary N) is 1. The molecular weight excluding hydrogens is 308 g/mol. The standard InChI is InChI=1S/C18H25ClN4/c1-3-4-12-9-15-17(21-18(19)22-23(15)10-12)20-16-11(2)13-5-7-14(16)8-6-13/h9-11,13-14,16H,3-8H2,1-2H3,(H,20,21,22)/t11-,13?,14?,16+/m0/s1. The summed E-state index contributed by atoms with van der Waals surface area (Å²) >= 11 is 6.16. The van der Waals surface area contributed by atoms with Gasteiger partial charge < -0.3 is 5.32 Å². The molecule has 5 heteroatoms. The van der Waals surface area contributed by atoms with Crippen LogP contribution >= 0.6 is 11.6 Å². The number of nitrogens with zero attached hydrogens (tertiary/aromatic N) is 3. The SMILES string of the molecule is CCCc1cc2c(N[C@H]3C4CCC(CC4)[C@@H]3C)nc(Cl)nn2c1. The maximum Gasteiger partial charge on any atom is 0.243 e. The Balaban J connectivity index is 1.68. The Bertz CT molecular complexity index is 700. The molecule has 0 aromatic carbocycles. The Morgan fingerprint density at radius 2 is 2.00 bits per heavy atom. The van der Waals surface area contributed by atoms with Crippen molar-refractivity contribution >= 4 is 22.9 Å². The van der Waals surface area contributed by atoms with Crippen molar-refractivity contribution in [2.24, 2.45) is 17.8 Å². The third kappa shape index (κ3) is 2.71. The van der Waals surface area contributed by atoms with E-state index in [0.717, 1.165) is 36.0 Å². The minimum Gasteiger partial charge on any atom is -0.365 e. The summed E-state index contributed by atoms with van der Waals surface area (Å²) in [6.07, 6.45) is 9.77. The molecule has 3 aliphatic carbocycles. The molecule has 2 bridgehead atoms. The maximum absolute atomic E-state index is 6.16. The molecule has 0 amide bonds. The first-order chi connectivity index (χ1) is 11.2. The summed E-state index contributed by atoms with van der Waals surface area (Å²) in [5, 5.41) is 8.39. The molecule has 2 atom stereocenters. The molecule has 0 aliphatic heterocycles. The molecule has 3 saturated carbocycles. The molecule has 2 aromatic rings. The summed E-state index contributed by atoms with van der Waals surface area (Å²) in [6, 6.07) is 2.72. The lowest BCUT2D eigenvalue weighted by atomic mass is 9.62. The van der Waals surface area contributed by atoms with Gasteiger partial charge in [-0.2, -0.15) is 4.98 Å². The second-order valence-electron chi connectivity index (χ2n) is 7.36. The van der Waals surface area contributed by atoms with Gasteiger partial charge in [-0.25, -0.2) is 4.52 Å². The van der Waals surface area contributed by atoms with Gasteiger partial charge in [0.1, 0.15) is 5.52 Å². The first-order valence-electron chi connectivity index (χ1n) is 8.97. The highest BCUT2D eigenvalue weighted by molar-refractivity contribution is 6.28. The quantitative estimate of drug-likeness (QED) is 0.891. The van der Waals surface area contributed by atoms with E-state index in [1.54, 1.807) is 0 Å². The van der Waals surface area contributed by atoms with Crippen molar-refractivity contribution < 1.29 is 0 Å². The van der Waals surface area contributed by atoms with Crippen molar-refractivity contribution in [2.45, 2.75) is 58.4 Å². The molecule has 3 fully saturated rings. The van der Waals surface area contributed by atoms with Gasteiger partial charge in [0.15, 0.2) is 5.82 Å². The Morgan fingerprint density at radius 1 is 1.26 bits per heavy atom. The number of aromatic nitrogens is 3. The van der Waals surface area contributed by atoms with Crippen LogP contribution in [0.5, 0.6) is 0 Å². The van der Waals surface area contributed by atoms with E-state index >= 15 is 0 Å². The van der Waals surface area contributed by atoms with Crippen molar-refractivity contribution in [3.8, 4) is 0 Å². The summed E-state index contributed by atoms with van der Waals surface area (Å²) in [5.74, 6) is 3.25. The Labute approximate surface area is 142 Å². The molecule has 5 rings (SSSR count). The van der Waals surface area contributed by atoms with Crippen molar-refractivity contribution in [2.75, 3.05) is 5.32 Å². The smallest absolute Gasteiger partial charge is 0.243 e. The van der Waals surface area contributed by atoms with Crippen LogP contribution in [0.3, 0.4) is 0 Å². The number of halogens is 1. The van der Waals surface area contributed by atoms with Gasteiger partial charge in [0.05, 0.1) is 0 Å². The van der Waals surface area contributed by atoms with E-state index in [4.69, 9.17) is 11.6 Å². The van der Waals surface area contributed by atoms with E-state index in [-0.39, 0.29) is 0 Å². The molecule has 124 valence electrons. The van der Waals surface area contributed by atoms with E-state index in [0.29, 0.717) is 17.2 Å². The van der Waals surface area contributed by atoms with Crippen LogP contribution < -0.4 is 5.32 Å². The summed E-state index contributed by atoms with van der Waals surface area (Å²) in [6.45, 7) is 4.59. The Morgan fingerprint density at radius 3 is 2.70 bits per heavy atom. The minimum absolute atomic E-state index is 0.312. The first kappa shape index (κ1) is 15.3. The van der Waals surface area contributed by atoms with Crippen LogP contribution in [0.1, 0.15) is 51.5 Å². The van der Waals surface area contributed by atoms with Gasteiger partial charge in [-0.05, 0) is 73.1 Å². The third-order valence-corrected chi connectivity index (χ3v) is 6.13. The highest BCUT2D eigenvalue weighted by Crippen LogP contribution is 2.46. The fourth-order valence-corrected chi connectivity index (χ4v) is 4.88. The van der Waals surface area contributed by atoms with Gasteiger partial charge >= 0.3 is 0 Å². The van der Waals surface area contributed by atoms with Crippen LogP contribution in [-0.4, -0.2) is 20.6 Å². The van der Waals surface area contributed by atoms with Crippen LogP contribution in [-0.2, 0) is 6.42 Å². The summed E-state index contributed by atoms with van der Waals surface area (Å²) < 4.78 is 1.88. The number of fused-ring (bicyclic) bond motifs is 4.